The van der Waals surface area contributed by atoms with Gasteiger partial charge in [0.1, 0.15) is 48.8 Å². The zero-order chi connectivity index (χ0) is 61.6. The number of carbonyl (C=O) groups is 1. The predicted octanol–water partition coefficient (Wildman–Crippen LogP) is 13.8. The molecule has 12 unspecified atom stereocenters. The maximum absolute atomic E-state index is 13.3. The van der Waals surface area contributed by atoms with Crippen LogP contribution in [0.15, 0.2) is 72.9 Å². The molecule has 2 aliphatic heterocycles. The molecule has 12 atom stereocenters. The van der Waals surface area contributed by atoms with Crippen LogP contribution in [0.25, 0.3) is 0 Å². The van der Waals surface area contributed by atoms with Crippen molar-refractivity contribution >= 4 is 5.91 Å². The first-order valence-corrected chi connectivity index (χ1v) is 34.7. The first kappa shape index (κ1) is 78.5. The molecule has 2 saturated heterocycles. The van der Waals surface area contributed by atoms with Gasteiger partial charge in [0.15, 0.2) is 12.6 Å². The molecule has 0 aromatic heterocycles. The predicted molar refractivity (Wildman–Crippen MR) is 346 cm³/mol. The number of rotatable bonds is 56. The standard InChI is InChI=1S/C71H127NO13/c1-3-5-7-9-11-13-15-17-19-21-23-25-27-29-31-32-34-36-38-40-42-44-46-48-50-52-54-60(75)59(58-82-70-68(81)66(79)69(62(57-74)84-70)85-71-67(80)65(78)64(77)61(56-73)83-71)72-63(76)55-53-51-49-47-45-43-41-39-37-35-33-30-28-26-24-22-20-18-16-14-12-10-8-6-4-2/h6,8,12,14,18,20,24,26,30,33,52,54,59-62,64-71,73-75,77-81H,3-5,7,9-11,13,15-17,19,21-23,25,27-29,31-32,34-51,53,55-58H2,1-2H3,(H,72,76)/b8-6-,14-12-,20-18-,26-24-,33-30-,54-52+. The Morgan fingerprint density at radius 2 is 0.812 bits per heavy atom. The Bertz CT molecular complexity index is 1700. The van der Waals surface area contributed by atoms with Crippen molar-refractivity contribution in [3.63, 3.8) is 0 Å². The SMILES string of the molecule is CC/C=C\C/C=C\C/C=C\C/C=C\C/C=C\CCCCCCCCCCCC(=O)NC(COC1OC(CO)C(OC2OC(CO)C(O)C(O)C2O)C(O)C1O)C(O)/C=C/CCCCCCCCCCCCCCCCCCCCCCCCCC. The second kappa shape index (κ2) is 55.5. The van der Waals surface area contributed by atoms with Crippen LogP contribution in [-0.2, 0) is 23.7 Å². The summed E-state index contributed by atoms with van der Waals surface area (Å²) in [6.07, 6.45) is 58.0. The average molecular weight is 1200 g/mol. The van der Waals surface area contributed by atoms with Crippen molar-refractivity contribution in [1.29, 1.82) is 0 Å². The molecule has 2 fully saturated rings. The Kier molecular flexibility index (Phi) is 51.3. The highest BCUT2D eigenvalue weighted by molar-refractivity contribution is 5.76. The molecule has 0 bridgehead atoms. The zero-order valence-electron chi connectivity index (χ0n) is 53.6. The Hall–Kier alpha value is -2.57. The van der Waals surface area contributed by atoms with Crippen LogP contribution in [0.5, 0.6) is 0 Å². The molecule has 2 rings (SSSR count). The van der Waals surface area contributed by atoms with Crippen molar-refractivity contribution in [3.05, 3.63) is 72.9 Å². The van der Waals surface area contributed by atoms with E-state index in [2.05, 4.69) is 79.9 Å². The van der Waals surface area contributed by atoms with Crippen molar-refractivity contribution in [1.82, 2.24) is 5.32 Å². The fourth-order valence-corrected chi connectivity index (χ4v) is 11.1. The van der Waals surface area contributed by atoms with Crippen LogP contribution in [-0.4, -0.2) is 140 Å². The van der Waals surface area contributed by atoms with E-state index >= 15 is 0 Å². The summed E-state index contributed by atoms with van der Waals surface area (Å²) in [5, 5.41) is 87.4. The average Bonchev–Trinajstić information content (AvgIpc) is 3.29. The van der Waals surface area contributed by atoms with Gasteiger partial charge in [-0.3, -0.25) is 4.79 Å². The zero-order valence-corrected chi connectivity index (χ0v) is 53.6. The van der Waals surface area contributed by atoms with Gasteiger partial charge in [-0.1, -0.05) is 279 Å². The summed E-state index contributed by atoms with van der Waals surface area (Å²) in [5.74, 6) is -0.245. The topological polar surface area (TPSA) is 228 Å². The van der Waals surface area contributed by atoms with Crippen LogP contribution in [0.3, 0.4) is 0 Å². The third-order valence-electron chi connectivity index (χ3n) is 16.6. The van der Waals surface area contributed by atoms with Crippen LogP contribution in [0, 0.1) is 0 Å². The largest absolute Gasteiger partial charge is 0.394 e. The summed E-state index contributed by atoms with van der Waals surface area (Å²) in [5.41, 5.74) is 0. The van der Waals surface area contributed by atoms with E-state index in [1.807, 2.05) is 6.08 Å². The van der Waals surface area contributed by atoms with Gasteiger partial charge < -0.3 is 65.1 Å². The monoisotopic (exact) mass is 1200 g/mol. The van der Waals surface area contributed by atoms with Crippen molar-refractivity contribution in [2.45, 2.75) is 351 Å². The minimum absolute atomic E-state index is 0.245. The van der Waals surface area contributed by atoms with Crippen LogP contribution < -0.4 is 5.32 Å². The fraction of sp³-hybridized carbons (Fsp3) is 0.817. The van der Waals surface area contributed by atoms with E-state index < -0.39 is 86.8 Å². The van der Waals surface area contributed by atoms with Gasteiger partial charge in [0.2, 0.25) is 5.91 Å². The van der Waals surface area contributed by atoms with E-state index in [9.17, 15) is 45.6 Å². The molecule has 0 aliphatic carbocycles. The lowest BCUT2D eigenvalue weighted by Crippen LogP contribution is -2.65. The van der Waals surface area contributed by atoms with Gasteiger partial charge in [0, 0.05) is 6.42 Å². The van der Waals surface area contributed by atoms with Crippen LogP contribution in [0.2, 0.25) is 0 Å². The normalized spacial score (nSPS) is 24.0. The van der Waals surface area contributed by atoms with Crippen LogP contribution in [0.4, 0.5) is 0 Å². The quantitative estimate of drug-likeness (QED) is 0.0204. The maximum Gasteiger partial charge on any atom is 0.220 e. The molecule has 0 saturated carbocycles. The van der Waals surface area contributed by atoms with E-state index in [-0.39, 0.29) is 18.9 Å². The fourth-order valence-electron chi connectivity index (χ4n) is 11.1. The molecule has 0 radical (unpaired) electrons. The van der Waals surface area contributed by atoms with E-state index in [0.717, 1.165) is 77.0 Å². The number of nitrogens with one attached hydrogen (secondary N) is 1. The third kappa shape index (κ3) is 39.9. The highest BCUT2D eigenvalue weighted by Crippen LogP contribution is 2.30. The Morgan fingerprint density at radius 1 is 0.435 bits per heavy atom. The number of hydrogen-bond acceptors (Lipinski definition) is 13. The lowest BCUT2D eigenvalue weighted by Gasteiger charge is -2.46. The van der Waals surface area contributed by atoms with Crippen molar-refractivity contribution < 1.29 is 64.6 Å². The number of aliphatic hydroxyl groups is 8. The first-order chi connectivity index (χ1) is 41.6. The molecule has 494 valence electrons. The van der Waals surface area contributed by atoms with Crippen LogP contribution in [0.1, 0.15) is 277 Å². The van der Waals surface area contributed by atoms with E-state index in [4.69, 9.17) is 18.9 Å². The third-order valence-corrected chi connectivity index (χ3v) is 16.6. The molecule has 9 N–H and O–H groups in total. The molecule has 0 aromatic carbocycles. The summed E-state index contributed by atoms with van der Waals surface area (Å²) in [7, 11) is 0. The van der Waals surface area contributed by atoms with Gasteiger partial charge in [-0.2, -0.15) is 0 Å². The smallest absolute Gasteiger partial charge is 0.220 e. The molecule has 85 heavy (non-hydrogen) atoms. The van der Waals surface area contributed by atoms with Crippen LogP contribution >= 0.6 is 0 Å². The summed E-state index contributed by atoms with van der Waals surface area (Å²) in [4.78, 5) is 13.3. The summed E-state index contributed by atoms with van der Waals surface area (Å²) < 4.78 is 22.9. The van der Waals surface area contributed by atoms with Gasteiger partial charge in [-0.05, 0) is 64.2 Å². The molecular weight excluding hydrogens is 1070 g/mol. The number of ether oxygens (including phenoxy) is 4. The van der Waals surface area contributed by atoms with Gasteiger partial charge in [-0.25, -0.2) is 0 Å². The minimum Gasteiger partial charge on any atom is -0.394 e. The summed E-state index contributed by atoms with van der Waals surface area (Å²) >= 11 is 0. The molecule has 14 heteroatoms. The Balaban J connectivity index is 1.70. The lowest BCUT2D eigenvalue weighted by atomic mass is 9.97. The Labute approximate surface area is 517 Å². The summed E-state index contributed by atoms with van der Waals surface area (Å²) in [6, 6.07) is -0.924. The number of aliphatic hydroxyl groups excluding tert-OH is 8. The molecule has 14 nitrogen and oxygen atoms in total. The first-order valence-electron chi connectivity index (χ1n) is 34.7. The number of amides is 1. The van der Waals surface area contributed by atoms with Gasteiger partial charge in [0.25, 0.3) is 0 Å². The number of unbranched alkanes of at least 4 members (excludes halogenated alkanes) is 33. The molecule has 0 aromatic rings. The van der Waals surface area contributed by atoms with Crippen molar-refractivity contribution in [2.75, 3.05) is 19.8 Å². The van der Waals surface area contributed by atoms with E-state index in [1.54, 1.807) is 6.08 Å². The summed E-state index contributed by atoms with van der Waals surface area (Å²) in [6.45, 7) is 2.71. The van der Waals surface area contributed by atoms with Crippen molar-refractivity contribution in [3.8, 4) is 0 Å². The highest BCUT2D eigenvalue weighted by atomic mass is 16.7. The van der Waals surface area contributed by atoms with Gasteiger partial charge in [-0.15, -0.1) is 0 Å². The Morgan fingerprint density at radius 3 is 1.25 bits per heavy atom. The van der Waals surface area contributed by atoms with E-state index in [1.165, 1.54) is 173 Å². The molecule has 1 amide bonds. The highest BCUT2D eigenvalue weighted by Gasteiger charge is 2.51. The van der Waals surface area contributed by atoms with E-state index in [0.29, 0.717) is 6.42 Å². The molecule has 0 spiro atoms. The number of allylic oxidation sites excluding steroid dienone is 11. The molecule has 2 aliphatic rings. The second-order valence-corrected chi connectivity index (χ2v) is 24.3. The molecule has 2 heterocycles. The number of hydrogen-bond donors (Lipinski definition) is 9. The molecular formula is C71H127NO13. The number of carbonyl (C=O) groups excluding carboxylic acids is 1. The van der Waals surface area contributed by atoms with Gasteiger partial charge >= 0.3 is 0 Å². The maximum atomic E-state index is 13.3. The van der Waals surface area contributed by atoms with Crippen molar-refractivity contribution in [2.24, 2.45) is 0 Å². The second-order valence-electron chi connectivity index (χ2n) is 24.3. The minimum atomic E-state index is -1.79. The van der Waals surface area contributed by atoms with Gasteiger partial charge in [0.05, 0.1) is 32.0 Å². The lowest BCUT2D eigenvalue weighted by molar-refractivity contribution is -0.359.